The number of amides is 1. The molecule has 6 nitrogen and oxygen atoms in total. The molecule has 1 rings (SSSR count). The minimum absolute atomic E-state index is 0.0367. The van der Waals surface area contributed by atoms with E-state index in [4.69, 9.17) is 5.11 Å². The van der Waals surface area contributed by atoms with Gasteiger partial charge in [-0.3, -0.25) is 9.59 Å². The van der Waals surface area contributed by atoms with Crippen molar-refractivity contribution in [3.05, 3.63) is 0 Å². The predicted octanol–water partition coefficient (Wildman–Crippen LogP) is 2.20. The van der Waals surface area contributed by atoms with E-state index in [-0.39, 0.29) is 29.3 Å². The van der Waals surface area contributed by atoms with Crippen LogP contribution < -0.4 is 0 Å². The van der Waals surface area contributed by atoms with Gasteiger partial charge in [0.1, 0.15) is 11.6 Å². The van der Waals surface area contributed by atoms with Gasteiger partial charge in [-0.2, -0.15) is 0 Å². The Morgan fingerprint density at radius 3 is 1.83 bits per heavy atom. The molecule has 1 saturated heterocycles. The average molecular weight is 325 g/mol. The quantitative estimate of drug-likeness (QED) is 0.656. The van der Waals surface area contributed by atoms with Gasteiger partial charge in [0.2, 0.25) is 5.91 Å². The van der Waals surface area contributed by atoms with Gasteiger partial charge < -0.3 is 19.6 Å². The highest BCUT2D eigenvalue weighted by Crippen LogP contribution is 2.39. The lowest BCUT2D eigenvalue weighted by Crippen LogP contribution is -2.44. The molecule has 0 spiro atoms. The first-order chi connectivity index (χ1) is 10.7. The van der Waals surface area contributed by atoms with Crippen molar-refractivity contribution < 1.29 is 24.3 Å². The van der Waals surface area contributed by atoms with Crippen LogP contribution in [0.2, 0.25) is 0 Å². The summed E-state index contributed by atoms with van der Waals surface area (Å²) in [5.41, 5.74) is -0.294. The Bertz CT molecular complexity index is 446. The standard InChI is InChI=1S/C17H27NO5/c1-13(19)11-17(12-14(2)20)7-9-18(10-8-17)15(21)5-3-4-6-16(22)23/h3-12H2,1-2H3,(H,22,23). The summed E-state index contributed by atoms with van der Waals surface area (Å²) in [7, 11) is 0. The summed E-state index contributed by atoms with van der Waals surface area (Å²) in [4.78, 5) is 47.4. The smallest absolute Gasteiger partial charge is 0.303 e. The fourth-order valence-corrected chi connectivity index (χ4v) is 3.41. The van der Waals surface area contributed by atoms with Gasteiger partial charge in [-0.15, -0.1) is 0 Å². The van der Waals surface area contributed by atoms with Crippen molar-refractivity contribution in [1.29, 1.82) is 0 Å². The first-order valence-corrected chi connectivity index (χ1v) is 8.22. The van der Waals surface area contributed by atoms with Crippen LogP contribution in [-0.2, 0) is 19.2 Å². The summed E-state index contributed by atoms with van der Waals surface area (Å²) in [5, 5.41) is 8.58. The van der Waals surface area contributed by atoms with Crippen LogP contribution in [-0.4, -0.2) is 46.5 Å². The number of aliphatic carboxylic acids is 1. The third-order valence-corrected chi connectivity index (χ3v) is 4.46. The highest BCUT2D eigenvalue weighted by atomic mass is 16.4. The molecule has 1 N–H and O–H groups in total. The Labute approximate surface area is 137 Å². The third-order valence-electron chi connectivity index (χ3n) is 4.46. The molecule has 6 heteroatoms. The maximum Gasteiger partial charge on any atom is 0.303 e. The number of nitrogens with zero attached hydrogens (tertiary/aromatic N) is 1. The predicted molar refractivity (Wildman–Crippen MR) is 84.9 cm³/mol. The van der Waals surface area contributed by atoms with Crippen molar-refractivity contribution in [3.63, 3.8) is 0 Å². The third kappa shape index (κ3) is 6.93. The molecule has 1 heterocycles. The summed E-state index contributed by atoms with van der Waals surface area (Å²) in [5.74, 6) is -0.636. The number of ketones is 2. The molecule has 1 aliphatic heterocycles. The molecule has 0 unspecified atom stereocenters. The second kappa shape index (κ2) is 8.79. The highest BCUT2D eigenvalue weighted by molar-refractivity contribution is 5.80. The molecule has 0 atom stereocenters. The minimum Gasteiger partial charge on any atom is -0.481 e. The summed E-state index contributed by atoms with van der Waals surface area (Å²) in [6.07, 6.45) is 3.68. The minimum atomic E-state index is -0.839. The van der Waals surface area contributed by atoms with Gasteiger partial charge in [-0.25, -0.2) is 0 Å². The van der Waals surface area contributed by atoms with E-state index in [9.17, 15) is 19.2 Å². The Morgan fingerprint density at radius 1 is 0.913 bits per heavy atom. The molecule has 0 saturated carbocycles. The molecule has 0 aliphatic carbocycles. The van der Waals surface area contributed by atoms with Gasteiger partial charge in [-0.1, -0.05) is 0 Å². The number of hydrogen-bond acceptors (Lipinski definition) is 4. The van der Waals surface area contributed by atoms with E-state index in [2.05, 4.69) is 0 Å². The summed E-state index contributed by atoms with van der Waals surface area (Å²) in [6, 6.07) is 0. The van der Waals surface area contributed by atoms with Crippen LogP contribution in [0.3, 0.4) is 0 Å². The van der Waals surface area contributed by atoms with Crippen LogP contribution in [0.4, 0.5) is 0 Å². The van der Waals surface area contributed by atoms with E-state index in [1.54, 1.807) is 18.7 Å². The van der Waals surface area contributed by atoms with Crippen LogP contribution in [0, 0.1) is 5.41 Å². The molecule has 1 aliphatic rings. The first kappa shape index (κ1) is 19.3. The molecular weight excluding hydrogens is 298 g/mol. The maximum absolute atomic E-state index is 12.1. The molecule has 0 aromatic carbocycles. The van der Waals surface area contributed by atoms with Crippen LogP contribution in [0.1, 0.15) is 65.2 Å². The van der Waals surface area contributed by atoms with E-state index in [0.29, 0.717) is 58.0 Å². The summed E-state index contributed by atoms with van der Waals surface area (Å²) < 4.78 is 0. The lowest BCUT2D eigenvalue weighted by atomic mass is 9.71. The van der Waals surface area contributed by atoms with Crippen molar-refractivity contribution in [2.75, 3.05) is 13.1 Å². The number of Topliss-reactive ketones (excluding diaryl/α,β-unsaturated/α-hetero) is 2. The van der Waals surface area contributed by atoms with Crippen molar-refractivity contribution in [1.82, 2.24) is 4.90 Å². The van der Waals surface area contributed by atoms with Gasteiger partial charge in [0.05, 0.1) is 0 Å². The highest BCUT2D eigenvalue weighted by Gasteiger charge is 2.37. The van der Waals surface area contributed by atoms with Crippen molar-refractivity contribution >= 4 is 23.4 Å². The SMILES string of the molecule is CC(=O)CC1(CC(C)=O)CCN(C(=O)CCCCC(=O)O)CC1. The average Bonchev–Trinajstić information content (AvgIpc) is 2.42. The van der Waals surface area contributed by atoms with Crippen LogP contribution in [0.15, 0.2) is 0 Å². The Hall–Kier alpha value is -1.72. The number of carbonyl (C=O) groups excluding carboxylic acids is 3. The van der Waals surface area contributed by atoms with Gasteiger partial charge in [0.25, 0.3) is 0 Å². The van der Waals surface area contributed by atoms with Gasteiger partial charge >= 0.3 is 5.97 Å². The molecular formula is C17H27NO5. The molecule has 0 bridgehead atoms. The van der Waals surface area contributed by atoms with Crippen molar-refractivity contribution in [3.8, 4) is 0 Å². The molecule has 130 valence electrons. The van der Waals surface area contributed by atoms with Crippen LogP contribution in [0.5, 0.6) is 0 Å². The van der Waals surface area contributed by atoms with Crippen LogP contribution >= 0.6 is 0 Å². The Morgan fingerprint density at radius 2 is 1.39 bits per heavy atom. The Balaban J connectivity index is 2.47. The van der Waals surface area contributed by atoms with Gasteiger partial charge in [-0.05, 0) is 44.9 Å². The largest absolute Gasteiger partial charge is 0.481 e. The van der Waals surface area contributed by atoms with Crippen LogP contribution in [0.25, 0.3) is 0 Å². The molecule has 0 aromatic rings. The fourth-order valence-electron chi connectivity index (χ4n) is 3.41. The number of piperidine rings is 1. The second-order valence-electron chi connectivity index (χ2n) is 6.74. The normalized spacial score (nSPS) is 16.9. The maximum atomic E-state index is 12.1. The zero-order valence-electron chi connectivity index (χ0n) is 14.1. The summed E-state index contributed by atoms with van der Waals surface area (Å²) >= 11 is 0. The Kier molecular flexibility index (Phi) is 7.39. The fraction of sp³-hybridized carbons (Fsp3) is 0.765. The van der Waals surface area contributed by atoms with Crippen molar-refractivity contribution in [2.24, 2.45) is 5.41 Å². The number of carbonyl (C=O) groups is 4. The van der Waals surface area contributed by atoms with Crippen molar-refractivity contribution in [2.45, 2.75) is 65.2 Å². The zero-order chi connectivity index (χ0) is 17.5. The van der Waals surface area contributed by atoms with E-state index < -0.39 is 5.97 Å². The number of rotatable bonds is 9. The molecule has 1 fully saturated rings. The number of carboxylic acid groups (broad SMARTS) is 1. The first-order valence-electron chi connectivity index (χ1n) is 8.22. The lowest BCUT2D eigenvalue weighted by molar-refractivity contribution is -0.138. The number of hydrogen-bond donors (Lipinski definition) is 1. The molecule has 1 amide bonds. The lowest BCUT2D eigenvalue weighted by Gasteiger charge is -2.41. The van der Waals surface area contributed by atoms with E-state index >= 15 is 0 Å². The monoisotopic (exact) mass is 325 g/mol. The van der Waals surface area contributed by atoms with Gasteiger partial charge in [0, 0.05) is 38.8 Å². The van der Waals surface area contributed by atoms with E-state index in [0.717, 1.165) is 0 Å². The molecule has 23 heavy (non-hydrogen) atoms. The number of carboxylic acids is 1. The number of likely N-dealkylation sites (tertiary alicyclic amines) is 1. The zero-order valence-corrected chi connectivity index (χ0v) is 14.1. The second-order valence-corrected chi connectivity index (χ2v) is 6.74. The van der Waals surface area contributed by atoms with E-state index in [1.807, 2.05) is 0 Å². The summed E-state index contributed by atoms with van der Waals surface area (Å²) in [6.45, 7) is 4.22. The molecule has 0 radical (unpaired) electrons. The topological polar surface area (TPSA) is 91.8 Å². The van der Waals surface area contributed by atoms with Gasteiger partial charge in [0.15, 0.2) is 0 Å². The molecule has 0 aromatic heterocycles. The number of unbranched alkanes of at least 4 members (excludes halogenated alkanes) is 1. The van der Waals surface area contributed by atoms with E-state index in [1.165, 1.54) is 0 Å².